The summed E-state index contributed by atoms with van der Waals surface area (Å²) in [6, 6.07) is 25.9. The number of benzene rings is 3. The molecule has 7 aromatic rings. The minimum Gasteiger partial charge on any atom is -0.438 e. The Morgan fingerprint density at radius 2 is 1.85 bits per heavy atom. The number of Topliss-reactive ketones (excluding diaryl/α,β-unsaturated/α-hetero) is 1. The van der Waals surface area contributed by atoms with Gasteiger partial charge in [0.05, 0.1) is 22.0 Å². The summed E-state index contributed by atoms with van der Waals surface area (Å²) in [5.74, 6) is 2.18. The Labute approximate surface area is 234 Å². The number of ether oxygens (including phenoxy) is 1. The van der Waals surface area contributed by atoms with E-state index in [4.69, 9.17) is 14.7 Å². The summed E-state index contributed by atoms with van der Waals surface area (Å²) < 4.78 is 9.46. The van der Waals surface area contributed by atoms with Gasteiger partial charge in [0.1, 0.15) is 5.75 Å². The van der Waals surface area contributed by atoms with Crippen molar-refractivity contribution in [3.8, 4) is 28.7 Å². The summed E-state index contributed by atoms with van der Waals surface area (Å²) in [5, 5.41) is 9.88. The second-order valence-electron chi connectivity index (χ2n) is 10.2. The van der Waals surface area contributed by atoms with Crippen LogP contribution >= 0.6 is 11.3 Å². The highest BCUT2D eigenvalue weighted by Crippen LogP contribution is 2.35. The van der Waals surface area contributed by atoms with E-state index < -0.39 is 0 Å². The van der Waals surface area contributed by atoms with E-state index in [1.54, 1.807) is 6.20 Å². The van der Waals surface area contributed by atoms with Crippen LogP contribution in [0.2, 0.25) is 0 Å². The van der Waals surface area contributed by atoms with E-state index in [9.17, 15) is 4.79 Å². The fourth-order valence-electron chi connectivity index (χ4n) is 4.87. The SMILES string of the molecule is CC(C)CC(=O)c1cc2ccc(-c3nc(Oc4ccc5[nH]ncc5c4)c4ccn(-c5ccccc5)c4n3)cc2s1. The molecule has 0 atom stereocenters. The molecule has 0 fully saturated rings. The monoisotopic (exact) mass is 543 g/mol. The van der Waals surface area contributed by atoms with Crippen molar-refractivity contribution in [2.75, 3.05) is 0 Å². The van der Waals surface area contributed by atoms with Gasteiger partial charge >= 0.3 is 0 Å². The molecule has 0 radical (unpaired) electrons. The Morgan fingerprint density at radius 3 is 2.70 bits per heavy atom. The number of hydrogen-bond donors (Lipinski definition) is 1. The number of nitrogens with one attached hydrogen (secondary N) is 1. The lowest BCUT2D eigenvalue weighted by atomic mass is 10.1. The highest BCUT2D eigenvalue weighted by Gasteiger charge is 2.18. The number of para-hydroxylation sites is 1. The van der Waals surface area contributed by atoms with Gasteiger partial charge in [-0.1, -0.05) is 44.2 Å². The highest BCUT2D eigenvalue weighted by atomic mass is 32.1. The van der Waals surface area contributed by atoms with Crippen molar-refractivity contribution in [1.29, 1.82) is 0 Å². The van der Waals surface area contributed by atoms with Gasteiger partial charge in [-0.05, 0) is 59.8 Å². The average molecular weight is 544 g/mol. The molecule has 0 spiro atoms. The van der Waals surface area contributed by atoms with Crippen molar-refractivity contribution in [3.05, 3.63) is 96.1 Å². The summed E-state index contributed by atoms with van der Waals surface area (Å²) >= 11 is 1.52. The molecule has 0 aliphatic carbocycles. The van der Waals surface area contributed by atoms with E-state index in [2.05, 4.69) is 30.1 Å². The number of aromatic amines is 1. The van der Waals surface area contributed by atoms with Gasteiger partial charge in [-0.2, -0.15) is 10.1 Å². The average Bonchev–Trinajstić information content (AvgIpc) is 3.70. The summed E-state index contributed by atoms with van der Waals surface area (Å²) in [6.45, 7) is 4.13. The molecular weight excluding hydrogens is 518 g/mol. The summed E-state index contributed by atoms with van der Waals surface area (Å²) in [6.07, 6.45) is 4.30. The van der Waals surface area contributed by atoms with Crippen molar-refractivity contribution in [2.24, 2.45) is 5.92 Å². The lowest BCUT2D eigenvalue weighted by molar-refractivity contribution is 0.0972. The van der Waals surface area contributed by atoms with Crippen molar-refractivity contribution < 1.29 is 9.53 Å². The van der Waals surface area contributed by atoms with E-state index in [1.165, 1.54) is 11.3 Å². The Morgan fingerprint density at radius 1 is 0.975 bits per heavy atom. The number of fused-ring (bicyclic) bond motifs is 3. The molecule has 40 heavy (non-hydrogen) atoms. The fraction of sp³-hybridized carbons (Fsp3) is 0.125. The third-order valence-corrected chi connectivity index (χ3v) is 7.96. The van der Waals surface area contributed by atoms with Gasteiger partial charge in [0, 0.05) is 34.0 Å². The zero-order valence-corrected chi connectivity index (χ0v) is 22.8. The first-order valence-electron chi connectivity index (χ1n) is 13.1. The minimum absolute atomic E-state index is 0.182. The smallest absolute Gasteiger partial charge is 0.232 e. The minimum atomic E-state index is 0.182. The quantitative estimate of drug-likeness (QED) is 0.205. The van der Waals surface area contributed by atoms with E-state index in [1.807, 2.05) is 83.6 Å². The third-order valence-electron chi connectivity index (χ3n) is 6.82. The number of thiophene rings is 1. The predicted molar refractivity (Wildman–Crippen MR) is 160 cm³/mol. The van der Waals surface area contributed by atoms with Gasteiger partial charge in [-0.15, -0.1) is 11.3 Å². The molecular formula is C32H25N5O2S. The maximum Gasteiger partial charge on any atom is 0.232 e. The van der Waals surface area contributed by atoms with Crippen LogP contribution in [-0.4, -0.2) is 30.5 Å². The molecule has 0 aliphatic rings. The van der Waals surface area contributed by atoms with Crippen molar-refractivity contribution in [2.45, 2.75) is 20.3 Å². The van der Waals surface area contributed by atoms with Crippen LogP contribution in [-0.2, 0) is 0 Å². The summed E-state index contributed by atoms with van der Waals surface area (Å²) in [7, 11) is 0. The molecule has 196 valence electrons. The summed E-state index contributed by atoms with van der Waals surface area (Å²) in [4.78, 5) is 23.4. The maximum absolute atomic E-state index is 12.7. The van der Waals surface area contributed by atoms with Gasteiger partial charge in [0.25, 0.3) is 0 Å². The van der Waals surface area contributed by atoms with Gasteiger partial charge in [-0.25, -0.2) is 4.98 Å². The lowest BCUT2D eigenvalue weighted by Gasteiger charge is -2.11. The van der Waals surface area contributed by atoms with Gasteiger partial charge in [-0.3, -0.25) is 9.89 Å². The molecule has 8 heteroatoms. The van der Waals surface area contributed by atoms with Gasteiger partial charge < -0.3 is 9.30 Å². The predicted octanol–water partition coefficient (Wildman–Crippen LogP) is 8.20. The summed E-state index contributed by atoms with van der Waals surface area (Å²) in [5.41, 5.74) is 3.53. The number of aromatic nitrogens is 5. The Balaban J connectivity index is 1.36. The Bertz CT molecular complexity index is 2020. The van der Waals surface area contributed by atoms with Crippen LogP contribution < -0.4 is 4.74 Å². The zero-order valence-electron chi connectivity index (χ0n) is 22.0. The number of H-pyrrole nitrogens is 1. The molecule has 0 saturated carbocycles. The number of rotatable bonds is 7. The van der Waals surface area contributed by atoms with Crippen LogP contribution in [0, 0.1) is 5.92 Å². The van der Waals surface area contributed by atoms with Crippen LogP contribution in [0.5, 0.6) is 11.6 Å². The number of hydrogen-bond acceptors (Lipinski definition) is 6. The highest BCUT2D eigenvalue weighted by molar-refractivity contribution is 7.20. The first-order chi connectivity index (χ1) is 19.5. The molecule has 0 amide bonds. The molecule has 0 unspecified atom stereocenters. The maximum atomic E-state index is 12.7. The standard InChI is InChI=1S/C32H25N5O2S/c1-19(2)14-27(38)29-16-20-8-9-21(17-28(20)40-29)30-34-31-25(12-13-37(31)23-6-4-3-5-7-23)32(35-30)39-24-10-11-26-22(15-24)18-33-36-26/h3-13,15-19H,14H2,1-2H3,(H,33,36). The molecule has 4 aromatic heterocycles. The topological polar surface area (TPSA) is 85.7 Å². The van der Waals surface area contributed by atoms with Crippen LogP contribution in [0.4, 0.5) is 0 Å². The molecule has 0 aliphatic heterocycles. The second kappa shape index (κ2) is 9.73. The third kappa shape index (κ3) is 4.42. The Hall–Kier alpha value is -4.82. The normalized spacial score (nSPS) is 11.7. The van der Waals surface area contributed by atoms with Crippen molar-refractivity contribution in [3.63, 3.8) is 0 Å². The molecule has 3 aromatic carbocycles. The first kappa shape index (κ1) is 24.2. The number of carbonyl (C=O) groups excluding carboxylic acids is 1. The first-order valence-corrected chi connectivity index (χ1v) is 14.0. The van der Waals surface area contributed by atoms with E-state index in [0.717, 1.165) is 48.2 Å². The van der Waals surface area contributed by atoms with Crippen molar-refractivity contribution in [1.82, 2.24) is 24.7 Å². The van der Waals surface area contributed by atoms with Gasteiger partial charge in [0.2, 0.25) is 5.88 Å². The number of ketones is 1. The fourth-order valence-corrected chi connectivity index (χ4v) is 5.92. The van der Waals surface area contributed by atoms with E-state index >= 15 is 0 Å². The molecule has 1 N–H and O–H groups in total. The number of carbonyl (C=O) groups is 1. The zero-order chi connectivity index (χ0) is 27.2. The lowest BCUT2D eigenvalue weighted by Crippen LogP contribution is -2.00. The van der Waals surface area contributed by atoms with Crippen molar-refractivity contribution >= 4 is 49.1 Å². The molecule has 0 saturated heterocycles. The van der Waals surface area contributed by atoms with Crippen LogP contribution in [0.3, 0.4) is 0 Å². The molecule has 4 heterocycles. The molecule has 7 nitrogen and oxygen atoms in total. The van der Waals surface area contributed by atoms with Gasteiger partial charge in [0.15, 0.2) is 17.3 Å². The second-order valence-corrected chi connectivity index (χ2v) is 11.3. The van der Waals surface area contributed by atoms with Crippen LogP contribution in [0.1, 0.15) is 29.9 Å². The molecule has 0 bridgehead atoms. The number of nitrogens with zero attached hydrogens (tertiary/aromatic N) is 4. The molecule has 7 rings (SSSR count). The van der Waals surface area contributed by atoms with Crippen LogP contribution in [0.15, 0.2) is 91.3 Å². The van der Waals surface area contributed by atoms with E-state index in [0.29, 0.717) is 29.8 Å². The Kier molecular flexibility index (Phi) is 5.90. The van der Waals surface area contributed by atoms with E-state index in [-0.39, 0.29) is 5.78 Å². The van der Waals surface area contributed by atoms with Crippen LogP contribution in [0.25, 0.3) is 49.1 Å². The largest absolute Gasteiger partial charge is 0.438 e.